The number of nitrogens with two attached hydrogens (primary N) is 1. The minimum Gasteiger partial charge on any atom is -0.457 e. The topological polar surface area (TPSA) is 59.5 Å². The summed E-state index contributed by atoms with van der Waals surface area (Å²) in [6.07, 6.45) is 3.51. The highest BCUT2D eigenvalue weighted by Gasteiger charge is 2.24. The van der Waals surface area contributed by atoms with Crippen LogP contribution >= 0.6 is 15.9 Å². The molecule has 5 heteroatoms. The SMILES string of the molecule is NCC1CCN(C(=O)c2ccoc2Br)CC1. The molecule has 0 saturated carbocycles. The zero-order valence-electron chi connectivity index (χ0n) is 8.99. The zero-order valence-corrected chi connectivity index (χ0v) is 10.6. The number of piperidine rings is 1. The molecule has 1 aliphatic rings. The van der Waals surface area contributed by atoms with Crippen molar-refractivity contribution in [1.82, 2.24) is 4.90 Å². The lowest BCUT2D eigenvalue weighted by molar-refractivity contribution is 0.0691. The van der Waals surface area contributed by atoms with Crippen LogP contribution in [-0.2, 0) is 0 Å². The van der Waals surface area contributed by atoms with Gasteiger partial charge in [-0.2, -0.15) is 0 Å². The van der Waals surface area contributed by atoms with Crippen LogP contribution in [0.4, 0.5) is 0 Å². The quantitative estimate of drug-likeness (QED) is 0.903. The summed E-state index contributed by atoms with van der Waals surface area (Å²) < 4.78 is 5.58. The lowest BCUT2D eigenvalue weighted by Gasteiger charge is -2.31. The van der Waals surface area contributed by atoms with E-state index >= 15 is 0 Å². The molecular formula is C11H15BrN2O2. The minimum atomic E-state index is 0.0381. The molecule has 0 aliphatic carbocycles. The first-order chi connectivity index (χ1) is 7.72. The second-order valence-corrected chi connectivity index (χ2v) is 4.80. The van der Waals surface area contributed by atoms with E-state index in [9.17, 15) is 4.79 Å². The molecule has 0 atom stereocenters. The van der Waals surface area contributed by atoms with Crippen LogP contribution in [0.5, 0.6) is 0 Å². The standard InChI is InChI=1S/C11H15BrN2O2/c12-10-9(3-6-16-10)11(15)14-4-1-8(7-13)2-5-14/h3,6,8H,1-2,4-5,7,13H2. The predicted molar refractivity (Wildman–Crippen MR) is 64.1 cm³/mol. The molecule has 2 heterocycles. The van der Waals surface area contributed by atoms with Crippen molar-refractivity contribution in [1.29, 1.82) is 0 Å². The second kappa shape index (κ2) is 5.01. The summed E-state index contributed by atoms with van der Waals surface area (Å²) in [6, 6.07) is 1.70. The third-order valence-corrected chi connectivity index (χ3v) is 3.70. The number of likely N-dealkylation sites (tertiary alicyclic amines) is 1. The van der Waals surface area contributed by atoms with Gasteiger partial charge < -0.3 is 15.1 Å². The lowest BCUT2D eigenvalue weighted by Crippen LogP contribution is -2.40. The third kappa shape index (κ3) is 2.30. The Hall–Kier alpha value is -0.810. The van der Waals surface area contributed by atoms with Gasteiger partial charge in [-0.1, -0.05) is 0 Å². The maximum Gasteiger partial charge on any atom is 0.258 e. The predicted octanol–water partition coefficient (Wildman–Crippen LogP) is 1.85. The Kier molecular flexibility index (Phi) is 3.66. The number of hydrogen-bond donors (Lipinski definition) is 1. The molecule has 1 fully saturated rings. The van der Waals surface area contributed by atoms with E-state index in [4.69, 9.17) is 10.2 Å². The van der Waals surface area contributed by atoms with Crippen LogP contribution < -0.4 is 5.73 Å². The Morgan fingerprint density at radius 2 is 2.25 bits per heavy atom. The number of furan rings is 1. The normalized spacial score (nSPS) is 17.8. The molecule has 2 N–H and O–H groups in total. The number of carbonyl (C=O) groups is 1. The Bertz CT molecular complexity index is 370. The summed E-state index contributed by atoms with van der Waals surface area (Å²) in [5.74, 6) is 0.605. The first-order valence-electron chi connectivity index (χ1n) is 5.44. The fourth-order valence-electron chi connectivity index (χ4n) is 1.99. The molecule has 1 aromatic rings. The second-order valence-electron chi connectivity index (χ2n) is 4.08. The molecule has 4 nitrogen and oxygen atoms in total. The molecule has 0 spiro atoms. The fraction of sp³-hybridized carbons (Fsp3) is 0.545. The highest BCUT2D eigenvalue weighted by atomic mass is 79.9. The van der Waals surface area contributed by atoms with Crippen molar-refractivity contribution in [2.75, 3.05) is 19.6 Å². The van der Waals surface area contributed by atoms with Crippen molar-refractivity contribution in [3.8, 4) is 0 Å². The third-order valence-electron chi connectivity index (χ3n) is 3.08. The number of rotatable bonds is 2. The van der Waals surface area contributed by atoms with Gasteiger partial charge in [-0.3, -0.25) is 4.79 Å². The molecule has 1 amide bonds. The van der Waals surface area contributed by atoms with E-state index in [1.54, 1.807) is 6.07 Å². The fourth-order valence-corrected chi connectivity index (χ4v) is 2.40. The molecule has 1 saturated heterocycles. The summed E-state index contributed by atoms with van der Waals surface area (Å²) in [5.41, 5.74) is 6.22. The van der Waals surface area contributed by atoms with E-state index in [0.717, 1.165) is 32.5 Å². The zero-order chi connectivity index (χ0) is 11.5. The largest absolute Gasteiger partial charge is 0.457 e. The van der Waals surface area contributed by atoms with E-state index in [1.807, 2.05) is 4.90 Å². The number of nitrogens with zero attached hydrogens (tertiary/aromatic N) is 1. The summed E-state index contributed by atoms with van der Waals surface area (Å²) in [5, 5.41) is 0. The van der Waals surface area contributed by atoms with E-state index in [2.05, 4.69) is 15.9 Å². The van der Waals surface area contributed by atoms with Crippen LogP contribution in [-0.4, -0.2) is 30.4 Å². The van der Waals surface area contributed by atoms with Gasteiger partial charge in [0.25, 0.3) is 5.91 Å². The van der Waals surface area contributed by atoms with Crippen LogP contribution in [0.15, 0.2) is 21.4 Å². The van der Waals surface area contributed by atoms with E-state index < -0.39 is 0 Å². The molecule has 0 aromatic carbocycles. The summed E-state index contributed by atoms with van der Waals surface area (Å²) >= 11 is 3.22. The first-order valence-corrected chi connectivity index (χ1v) is 6.24. The minimum absolute atomic E-state index is 0.0381. The molecule has 0 radical (unpaired) electrons. The highest BCUT2D eigenvalue weighted by molar-refractivity contribution is 9.10. The van der Waals surface area contributed by atoms with Gasteiger partial charge in [0.05, 0.1) is 11.8 Å². The van der Waals surface area contributed by atoms with Gasteiger partial charge in [0, 0.05) is 13.1 Å². The molecule has 16 heavy (non-hydrogen) atoms. The van der Waals surface area contributed by atoms with Gasteiger partial charge in [-0.25, -0.2) is 0 Å². The Balaban J connectivity index is 2.00. The van der Waals surface area contributed by atoms with Gasteiger partial charge >= 0.3 is 0 Å². The van der Waals surface area contributed by atoms with E-state index in [-0.39, 0.29) is 5.91 Å². The molecule has 0 bridgehead atoms. The lowest BCUT2D eigenvalue weighted by atomic mass is 9.97. The maximum atomic E-state index is 12.1. The van der Waals surface area contributed by atoms with Gasteiger partial charge in [0.15, 0.2) is 4.67 Å². The van der Waals surface area contributed by atoms with Crippen molar-refractivity contribution in [2.24, 2.45) is 11.7 Å². The van der Waals surface area contributed by atoms with Gasteiger partial charge in [0.1, 0.15) is 0 Å². The van der Waals surface area contributed by atoms with Gasteiger partial charge in [0.2, 0.25) is 0 Å². The number of carbonyl (C=O) groups excluding carboxylic acids is 1. The van der Waals surface area contributed by atoms with E-state index in [1.165, 1.54) is 6.26 Å². The smallest absolute Gasteiger partial charge is 0.258 e. The van der Waals surface area contributed by atoms with Crippen molar-refractivity contribution in [3.05, 3.63) is 22.6 Å². The summed E-state index contributed by atoms with van der Waals surface area (Å²) in [6.45, 7) is 2.30. The average molecular weight is 287 g/mol. The van der Waals surface area contributed by atoms with Crippen molar-refractivity contribution in [2.45, 2.75) is 12.8 Å². The van der Waals surface area contributed by atoms with Crippen LogP contribution in [0.1, 0.15) is 23.2 Å². The Labute approximate surface area is 103 Å². The van der Waals surface area contributed by atoms with Crippen LogP contribution in [0.2, 0.25) is 0 Å². The van der Waals surface area contributed by atoms with Crippen molar-refractivity contribution < 1.29 is 9.21 Å². The molecule has 1 aromatic heterocycles. The molecular weight excluding hydrogens is 272 g/mol. The summed E-state index contributed by atoms with van der Waals surface area (Å²) in [4.78, 5) is 13.9. The highest BCUT2D eigenvalue weighted by Crippen LogP contribution is 2.22. The van der Waals surface area contributed by atoms with Crippen LogP contribution in [0, 0.1) is 5.92 Å². The number of hydrogen-bond acceptors (Lipinski definition) is 3. The van der Waals surface area contributed by atoms with Crippen molar-refractivity contribution in [3.63, 3.8) is 0 Å². The van der Waals surface area contributed by atoms with Gasteiger partial charge in [-0.15, -0.1) is 0 Å². The first kappa shape index (κ1) is 11.7. The Morgan fingerprint density at radius 3 is 2.75 bits per heavy atom. The average Bonchev–Trinajstić information content (AvgIpc) is 2.75. The molecule has 1 aliphatic heterocycles. The van der Waals surface area contributed by atoms with Crippen LogP contribution in [0.25, 0.3) is 0 Å². The van der Waals surface area contributed by atoms with Gasteiger partial charge in [-0.05, 0) is 47.3 Å². The maximum absolute atomic E-state index is 12.1. The molecule has 0 unspecified atom stereocenters. The summed E-state index contributed by atoms with van der Waals surface area (Å²) in [7, 11) is 0. The van der Waals surface area contributed by atoms with E-state index in [0.29, 0.717) is 16.2 Å². The van der Waals surface area contributed by atoms with Crippen LogP contribution in [0.3, 0.4) is 0 Å². The van der Waals surface area contributed by atoms with Crippen molar-refractivity contribution >= 4 is 21.8 Å². The Morgan fingerprint density at radius 1 is 1.56 bits per heavy atom. The molecule has 88 valence electrons. The number of amides is 1. The number of halogens is 1. The molecule has 2 rings (SSSR count). The monoisotopic (exact) mass is 286 g/mol.